The monoisotopic (exact) mass is 353 g/mol. The highest BCUT2D eigenvalue weighted by molar-refractivity contribution is 5.77. The Kier molecular flexibility index (Phi) is 5.41. The average Bonchev–Trinajstić information content (AvgIpc) is 2.65. The normalized spacial score (nSPS) is 10.8. The van der Waals surface area contributed by atoms with E-state index in [1.807, 2.05) is 42.5 Å². The Morgan fingerprint density at radius 1 is 0.923 bits per heavy atom. The molecule has 1 N–H and O–H groups in total. The zero-order valence-corrected chi connectivity index (χ0v) is 15.4. The van der Waals surface area contributed by atoms with Crippen LogP contribution in [0.1, 0.15) is 19.4 Å². The van der Waals surface area contributed by atoms with Crippen molar-refractivity contribution >= 4 is 16.9 Å². The summed E-state index contributed by atoms with van der Waals surface area (Å²) in [6, 6.07) is 13.6. The van der Waals surface area contributed by atoms with Gasteiger partial charge in [0.15, 0.2) is 17.3 Å². The third kappa shape index (κ3) is 3.96. The van der Waals surface area contributed by atoms with Crippen molar-refractivity contribution in [2.75, 3.05) is 19.5 Å². The minimum atomic E-state index is 0.217. The molecule has 136 valence electrons. The summed E-state index contributed by atoms with van der Waals surface area (Å²) in [4.78, 5) is 9.26. The van der Waals surface area contributed by atoms with Crippen molar-refractivity contribution in [1.29, 1.82) is 0 Å². The lowest BCUT2D eigenvalue weighted by Crippen LogP contribution is -2.13. The van der Waals surface area contributed by atoms with Crippen molar-refractivity contribution in [3.63, 3.8) is 0 Å². The topological polar surface area (TPSA) is 65.5 Å². The summed E-state index contributed by atoms with van der Waals surface area (Å²) in [6.07, 6.45) is 0. The minimum Gasteiger partial charge on any atom is -0.493 e. The van der Waals surface area contributed by atoms with Crippen LogP contribution >= 0.6 is 0 Å². The summed E-state index contributed by atoms with van der Waals surface area (Å²) < 4.78 is 16.6. The molecule has 0 bridgehead atoms. The van der Waals surface area contributed by atoms with Gasteiger partial charge < -0.3 is 19.5 Å². The predicted molar refractivity (Wildman–Crippen MR) is 102 cm³/mol. The number of nitrogens with zero attached hydrogens (tertiary/aromatic N) is 2. The Hall–Kier alpha value is -3.02. The Balaban J connectivity index is 1.87. The van der Waals surface area contributed by atoms with E-state index in [1.165, 1.54) is 0 Å². The van der Waals surface area contributed by atoms with E-state index in [4.69, 9.17) is 14.2 Å². The fourth-order valence-electron chi connectivity index (χ4n) is 2.57. The van der Waals surface area contributed by atoms with Crippen molar-refractivity contribution < 1.29 is 14.2 Å². The van der Waals surface area contributed by atoms with Crippen LogP contribution in [-0.2, 0) is 6.61 Å². The third-order valence-electron chi connectivity index (χ3n) is 3.79. The number of hydrogen-bond donors (Lipinski definition) is 1. The molecule has 6 heteroatoms. The van der Waals surface area contributed by atoms with Crippen LogP contribution in [0.15, 0.2) is 42.5 Å². The quantitative estimate of drug-likeness (QED) is 0.691. The van der Waals surface area contributed by atoms with Crippen LogP contribution in [0.2, 0.25) is 0 Å². The molecule has 0 fully saturated rings. The van der Waals surface area contributed by atoms with Gasteiger partial charge in [-0.25, -0.2) is 9.97 Å². The van der Waals surface area contributed by atoms with E-state index in [1.54, 1.807) is 14.2 Å². The maximum absolute atomic E-state index is 5.97. The molecule has 0 atom stereocenters. The molecule has 1 heterocycles. The van der Waals surface area contributed by atoms with Gasteiger partial charge in [0.2, 0.25) is 0 Å². The summed E-state index contributed by atoms with van der Waals surface area (Å²) in [5.74, 6) is 2.47. The van der Waals surface area contributed by atoms with Gasteiger partial charge in [0.05, 0.1) is 25.3 Å². The van der Waals surface area contributed by atoms with Crippen molar-refractivity contribution in [3.05, 3.63) is 48.0 Å². The van der Waals surface area contributed by atoms with Crippen LogP contribution in [0, 0.1) is 0 Å². The van der Waals surface area contributed by atoms with Gasteiger partial charge in [0.25, 0.3) is 5.88 Å². The zero-order valence-electron chi connectivity index (χ0n) is 15.4. The Labute approximate surface area is 153 Å². The Morgan fingerprint density at radius 3 is 2.27 bits per heavy atom. The lowest BCUT2D eigenvalue weighted by molar-refractivity contribution is 0.293. The van der Waals surface area contributed by atoms with E-state index < -0.39 is 0 Å². The van der Waals surface area contributed by atoms with Gasteiger partial charge >= 0.3 is 0 Å². The highest BCUT2D eigenvalue weighted by Gasteiger charge is 2.12. The molecule has 0 radical (unpaired) electrons. The van der Waals surface area contributed by atoms with Crippen LogP contribution in [0.4, 0.5) is 5.82 Å². The summed E-state index contributed by atoms with van der Waals surface area (Å²) in [6.45, 7) is 4.45. The molecule has 0 aliphatic heterocycles. The minimum absolute atomic E-state index is 0.217. The van der Waals surface area contributed by atoms with Crippen LogP contribution in [0.25, 0.3) is 11.0 Å². The SMILES string of the molecule is COc1ccc(COc2nc3ccccc3nc2NC(C)C)cc1OC. The van der Waals surface area contributed by atoms with Gasteiger partial charge in [-0.15, -0.1) is 0 Å². The fourth-order valence-corrected chi connectivity index (χ4v) is 2.57. The molecule has 3 rings (SSSR count). The van der Waals surface area contributed by atoms with Gasteiger partial charge in [0.1, 0.15) is 6.61 Å². The van der Waals surface area contributed by atoms with Gasteiger partial charge in [-0.2, -0.15) is 0 Å². The zero-order chi connectivity index (χ0) is 18.5. The number of rotatable bonds is 7. The molecular formula is C20H23N3O3. The van der Waals surface area contributed by atoms with Crippen molar-refractivity contribution in [3.8, 4) is 17.4 Å². The molecule has 3 aromatic rings. The first kappa shape index (κ1) is 17.8. The van der Waals surface area contributed by atoms with E-state index in [0.717, 1.165) is 16.6 Å². The van der Waals surface area contributed by atoms with Gasteiger partial charge in [-0.3, -0.25) is 0 Å². The second-order valence-electron chi connectivity index (χ2n) is 6.14. The molecule has 0 unspecified atom stereocenters. The van der Waals surface area contributed by atoms with E-state index in [-0.39, 0.29) is 6.04 Å². The molecule has 0 saturated heterocycles. The molecule has 26 heavy (non-hydrogen) atoms. The summed E-state index contributed by atoms with van der Waals surface area (Å²) in [5.41, 5.74) is 2.58. The van der Waals surface area contributed by atoms with Crippen LogP contribution in [-0.4, -0.2) is 30.2 Å². The first-order chi connectivity index (χ1) is 12.6. The number of methoxy groups -OCH3 is 2. The van der Waals surface area contributed by atoms with E-state index in [0.29, 0.717) is 29.8 Å². The molecule has 0 amide bonds. The van der Waals surface area contributed by atoms with E-state index in [9.17, 15) is 0 Å². The number of benzene rings is 2. The molecule has 0 aliphatic rings. The van der Waals surface area contributed by atoms with Gasteiger partial charge in [0, 0.05) is 6.04 Å². The first-order valence-electron chi connectivity index (χ1n) is 8.47. The summed E-state index contributed by atoms with van der Waals surface area (Å²) in [5, 5.41) is 3.30. The number of para-hydroxylation sites is 2. The number of anilines is 1. The number of fused-ring (bicyclic) bond motifs is 1. The van der Waals surface area contributed by atoms with Crippen LogP contribution in [0.3, 0.4) is 0 Å². The second kappa shape index (κ2) is 7.91. The first-order valence-corrected chi connectivity index (χ1v) is 8.47. The van der Waals surface area contributed by atoms with E-state index >= 15 is 0 Å². The maximum atomic E-state index is 5.97. The molecule has 0 aliphatic carbocycles. The van der Waals surface area contributed by atoms with Crippen molar-refractivity contribution in [2.45, 2.75) is 26.5 Å². The lowest BCUT2D eigenvalue weighted by atomic mass is 10.2. The summed E-state index contributed by atoms with van der Waals surface area (Å²) in [7, 11) is 3.23. The molecule has 6 nitrogen and oxygen atoms in total. The highest BCUT2D eigenvalue weighted by atomic mass is 16.5. The fraction of sp³-hybridized carbons (Fsp3) is 0.300. The van der Waals surface area contributed by atoms with Crippen molar-refractivity contribution in [2.24, 2.45) is 0 Å². The number of aromatic nitrogens is 2. The standard InChI is InChI=1S/C20H23N3O3/c1-13(2)21-19-20(23-16-8-6-5-7-15(16)22-19)26-12-14-9-10-17(24-3)18(11-14)25-4/h5-11,13H,12H2,1-4H3,(H,21,22). The maximum Gasteiger partial charge on any atom is 0.258 e. The Morgan fingerprint density at radius 2 is 1.62 bits per heavy atom. The lowest BCUT2D eigenvalue weighted by Gasteiger charge is -2.15. The second-order valence-corrected chi connectivity index (χ2v) is 6.14. The van der Waals surface area contributed by atoms with E-state index in [2.05, 4.69) is 29.1 Å². The summed E-state index contributed by atoms with van der Waals surface area (Å²) >= 11 is 0. The van der Waals surface area contributed by atoms with Gasteiger partial charge in [-0.1, -0.05) is 18.2 Å². The number of hydrogen-bond acceptors (Lipinski definition) is 6. The number of ether oxygens (including phenoxy) is 3. The van der Waals surface area contributed by atoms with Crippen molar-refractivity contribution in [1.82, 2.24) is 9.97 Å². The number of nitrogens with one attached hydrogen (secondary N) is 1. The molecular weight excluding hydrogens is 330 g/mol. The highest BCUT2D eigenvalue weighted by Crippen LogP contribution is 2.29. The van der Waals surface area contributed by atoms with Crippen LogP contribution < -0.4 is 19.5 Å². The van der Waals surface area contributed by atoms with Crippen LogP contribution in [0.5, 0.6) is 17.4 Å². The predicted octanol–water partition coefficient (Wildman–Crippen LogP) is 4.05. The largest absolute Gasteiger partial charge is 0.493 e. The molecule has 0 spiro atoms. The smallest absolute Gasteiger partial charge is 0.258 e. The molecule has 0 saturated carbocycles. The molecule has 1 aromatic heterocycles. The Bertz CT molecular complexity index is 897. The molecule has 2 aromatic carbocycles. The average molecular weight is 353 g/mol. The van der Waals surface area contributed by atoms with Gasteiger partial charge in [-0.05, 0) is 43.7 Å². The third-order valence-corrected chi connectivity index (χ3v) is 3.79.